The first-order valence-corrected chi connectivity index (χ1v) is 6.41. The zero-order valence-corrected chi connectivity index (χ0v) is 11.0. The van der Waals surface area contributed by atoms with E-state index in [1.165, 1.54) is 6.33 Å². The molecule has 1 aromatic heterocycles. The molecule has 0 radical (unpaired) electrons. The smallest absolute Gasteiger partial charge is 0.138 e. The van der Waals surface area contributed by atoms with Crippen molar-refractivity contribution < 1.29 is 14.6 Å². The first kappa shape index (κ1) is 13.5. The Labute approximate surface area is 107 Å². The molecule has 0 spiro atoms. The maximum Gasteiger partial charge on any atom is 0.138 e. The van der Waals surface area contributed by atoms with Gasteiger partial charge in [0.05, 0.1) is 25.9 Å². The lowest BCUT2D eigenvalue weighted by atomic mass is 10.1. The zero-order valence-electron chi connectivity index (χ0n) is 11.0. The summed E-state index contributed by atoms with van der Waals surface area (Å²) in [5, 5.41) is 14.3. The van der Waals surface area contributed by atoms with E-state index in [0.717, 1.165) is 12.4 Å². The second-order valence-electron chi connectivity index (χ2n) is 5.01. The van der Waals surface area contributed by atoms with Gasteiger partial charge in [0.2, 0.25) is 0 Å². The van der Waals surface area contributed by atoms with Crippen molar-refractivity contribution in [1.29, 1.82) is 0 Å². The lowest BCUT2D eigenvalue weighted by molar-refractivity contribution is -0.132. The van der Waals surface area contributed by atoms with Gasteiger partial charge in [-0.1, -0.05) is 13.8 Å². The van der Waals surface area contributed by atoms with E-state index in [0.29, 0.717) is 32.2 Å². The van der Waals surface area contributed by atoms with Crippen LogP contribution >= 0.6 is 0 Å². The summed E-state index contributed by atoms with van der Waals surface area (Å²) < 4.78 is 12.6. The van der Waals surface area contributed by atoms with Crippen LogP contribution in [0.3, 0.4) is 0 Å². The van der Waals surface area contributed by atoms with Crippen LogP contribution in [0.2, 0.25) is 0 Å². The topological polar surface area (TPSA) is 69.4 Å². The molecule has 1 saturated heterocycles. The molecule has 102 valence electrons. The summed E-state index contributed by atoms with van der Waals surface area (Å²) in [6, 6.07) is 0. The molecule has 1 aliphatic heterocycles. The van der Waals surface area contributed by atoms with Crippen LogP contribution in [0.4, 0.5) is 0 Å². The molecule has 0 amide bonds. The monoisotopic (exact) mass is 255 g/mol. The van der Waals surface area contributed by atoms with Gasteiger partial charge in [0.25, 0.3) is 0 Å². The van der Waals surface area contributed by atoms with E-state index in [-0.39, 0.29) is 6.10 Å². The van der Waals surface area contributed by atoms with Gasteiger partial charge < -0.3 is 14.6 Å². The SMILES string of the molecule is CC(C)Cn1ncnc1CC(O)C1COCCO1. The molecular weight excluding hydrogens is 234 g/mol. The first-order valence-electron chi connectivity index (χ1n) is 6.41. The van der Waals surface area contributed by atoms with Crippen LogP contribution in [0.25, 0.3) is 0 Å². The van der Waals surface area contributed by atoms with Gasteiger partial charge in [-0.05, 0) is 5.92 Å². The summed E-state index contributed by atoms with van der Waals surface area (Å²) in [6.45, 7) is 6.65. The molecule has 1 aliphatic rings. The Morgan fingerprint density at radius 1 is 1.50 bits per heavy atom. The molecule has 0 bridgehead atoms. The minimum atomic E-state index is -0.597. The Morgan fingerprint density at radius 3 is 3.00 bits per heavy atom. The Kier molecular flexibility index (Phi) is 4.68. The molecule has 2 atom stereocenters. The molecule has 0 aliphatic carbocycles. The predicted molar refractivity (Wildman–Crippen MR) is 65.1 cm³/mol. The Morgan fingerprint density at radius 2 is 2.33 bits per heavy atom. The second-order valence-corrected chi connectivity index (χ2v) is 5.01. The van der Waals surface area contributed by atoms with Crippen molar-refractivity contribution in [2.45, 2.75) is 39.0 Å². The average molecular weight is 255 g/mol. The maximum absolute atomic E-state index is 10.1. The van der Waals surface area contributed by atoms with E-state index >= 15 is 0 Å². The van der Waals surface area contributed by atoms with Crippen molar-refractivity contribution in [3.63, 3.8) is 0 Å². The zero-order chi connectivity index (χ0) is 13.0. The van der Waals surface area contributed by atoms with Crippen molar-refractivity contribution in [2.24, 2.45) is 5.92 Å². The van der Waals surface area contributed by atoms with E-state index in [1.54, 1.807) is 0 Å². The van der Waals surface area contributed by atoms with Gasteiger partial charge in [-0.25, -0.2) is 9.67 Å². The second kappa shape index (κ2) is 6.26. The molecule has 2 heterocycles. The molecule has 2 unspecified atom stereocenters. The minimum absolute atomic E-state index is 0.261. The third-order valence-corrected chi connectivity index (χ3v) is 2.90. The van der Waals surface area contributed by atoms with E-state index in [1.807, 2.05) is 4.68 Å². The van der Waals surface area contributed by atoms with E-state index in [9.17, 15) is 5.11 Å². The summed E-state index contributed by atoms with van der Waals surface area (Å²) in [6.07, 6.45) is 1.12. The number of aromatic nitrogens is 3. The Hall–Kier alpha value is -0.980. The summed E-state index contributed by atoms with van der Waals surface area (Å²) in [5.41, 5.74) is 0. The van der Waals surface area contributed by atoms with Gasteiger partial charge >= 0.3 is 0 Å². The summed E-state index contributed by atoms with van der Waals surface area (Å²) >= 11 is 0. The van der Waals surface area contributed by atoms with Gasteiger partial charge in [-0.2, -0.15) is 5.10 Å². The van der Waals surface area contributed by atoms with Crippen LogP contribution in [-0.2, 0) is 22.4 Å². The largest absolute Gasteiger partial charge is 0.390 e. The van der Waals surface area contributed by atoms with Crippen LogP contribution in [0.15, 0.2) is 6.33 Å². The highest BCUT2D eigenvalue weighted by molar-refractivity contribution is 4.90. The minimum Gasteiger partial charge on any atom is -0.390 e. The summed E-state index contributed by atoms with van der Waals surface area (Å²) in [7, 11) is 0. The molecule has 6 nitrogen and oxygen atoms in total. The number of rotatable bonds is 5. The number of aliphatic hydroxyl groups excluding tert-OH is 1. The van der Waals surface area contributed by atoms with Crippen LogP contribution in [0.1, 0.15) is 19.7 Å². The highest BCUT2D eigenvalue weighted by atomic mass is 16.6. The third-order valence-electron chi connectivity index (χ3n) is 2.90. The van der Waals surface area contributed by atoms with E-state index < -0.39 is 6.10 Å². The first-order chi connectivity index (χ1) is 8.66. The number of ether oxygens (including phenoxy) is 2. The predicted octanol–water partition coefficient (Wildman–Crippen LogP) is 0.253. The van der Waals surface area contributed by atoms with Crippen LogP contribution in [0.5, 0.6) is 0 Å². The number of hydrogen-bond acceptors (Lipinski definition) is 5. The molecular formula is C12H21N3O3. The van der Waals surface area contributed by atoms with Gasteiger partial charge in [-0.3, -0.25) is 0 Å². The van der Waals surface area contributed by atoms with Crippen LogP contribution in [-0.4, -0.2) is 51.9 Å². The molecule has 18 heavy (non-hydrogen) atoms. The van der Waals surface area contributed by atoms with Crippen LogP contribution in [0, 0.1) is 5.92 Å². The fraction of sp³-hybridized carbons (Fsp3) is 0.833. The molecule has 2 rings (SSSR count). The average Bonchev–Trinajstić information content (AvgIpc) is 2.77. The van der Waals surface area contributed by atoms with Crippen molar-refractivity contribution >= 4 is 0 Å². The lowest BCUT2D eigenvalue weighted by Gasteiger charge is -2.27. The third kappa shape index (κ3) is 3.51. The molecule has 1 aromatic rings. The number of aliphatic hydroxyl groups is 1. The maximum atomic E-state index is 10.1. The molecule has 1 fully saturated rings. The fourth-order valence-electron chi connectivity index (χ4n) is 1.99. The van der Waals surface area contributed by atoms with Crippen LogP contribution < -0.4 is 0 Å². The summed E-state index contributed by atoms with van der Waals surface area (Å²) in [5.74, 6) is 1.29. The standard InChI is InChI=1S/C12H21N3O3/c1-9(2)6-15-12(13-8-14-15)5-10(16)11-7-17-3-4-18-11/h8-11,16H,3-7H2,1-2H3. The molecule has 1 N–H and O–H groups in total. The number of nitrogens with zero attached hydrogens (tertiary/aromatic N) is 3. The van der Waals surface area contributed by atoms with Crippen molar-refractivity contribution in [3.05, 3.63) is 12.2 Å². The molecule has 0 saturated carbocycles. The van der Waals surface area contributed by atoms with Crippen molar-refractivity contribution in [2.75, 3.05) is 19.8 Å². The summed E-state index contributed by atoms with van der Waals surface area (Å²) in [4.78, 5) is 4.20. The normalized spacial score (nSPS) is 22.3. The van der Waals surface area contributed by atoms with E-state index in [4.69, 9.17) is 9.47 Å². The Balaban J connectivity index is 1.93. The van der Waals surface area contributed by atoms with Gasteiger partial charge in [-0.15, -0.1) is 0 Å². The highest BCUT2D eigenvalue weighted by Gasteiger charge is 2.25. The van der Waals surface area contributed by atoms with Crippen molar-refractivity contribution in [3.8, 4) is 0 Å². The van der Waals surface area contributed by atoms with Crippen molar-refractivity contribution in [1.82, 2.24) is 14.8 Å². The fourth-order valence-corrected chi connectivity index (χ4v) is 1.99. The number of hydrogen-bond donors (Lipinski definition) is 1. The highest BCUT2D eigenvalue weighted by Crippen LogP contribution is 2.11. The van der Waals surface area contributed by atoms with E-state index in [2.05, 4.69) is 23.9 Å². The van der Waals surface area contributed by atoms with Gasteiger partial charge in [0, 0.05) is 13.0 Å². The molecule has 6 heteroatoms. The molecule has 0 aromatic carbocycles. The van der Waals surface area contributed by atoms with Gasteiger partial charge in [0.15, 0.2) is 0 Å². The van der Waals surface area contributed by atoms with Gasteiger partial charge in [0.1, 0.15) is 18.3 Å². The Bertz CT molecular complexity index is 361. The lowest BCUT2D eigenvalue weighted by Crippen LogP contribution is -2.40. The quantitative estimate of drug-likeness (QED) is 0.817.